The topological polar surface area (TPSA) is 67.2 Å². The van der Waals surface area contributed by atoms with Crippen LogP contribution in [-0.2, 0) is 0 Å². The van der Waals surface area contributed by atoms with Crippen LogP contribution >= 0.6 is 11.6 Å². The second kappa shape index (κ2) is 6.30. The van der Waals surface area contributed by atoms with Gasteiger partial charge in [0.1, 0.15) is 0 Å². The quantitative estimate of drug-likeness (QED) is 0.752. The Kier molecular flexibility index (Phi) is 4.48. The van der Waals surface area contributed by atoms with Gasteiger partial charge in [-0.25, -0.2) is 4.79 Å². The van der Waals surface area contributed by atoms with Gasteiger partial charge < -0.3 is 16.4 Å². The maximum atomic E-state index is 11.9. The van der Waals surface area contributed by atoms with Crippen molar-refractivity contribution in [1.29, 1.82) is 0 Å². The van der Waals surface area contributed by atoms with Gasteiger partial charge in [-0.15, -0.1) is 0 Å². The lowest BCUT2D eigenvalue weighted by atomic mass is 10.1. The molecule has 104 valence electrons. The van der Waals surface area contributed by atoms with Gasteiger partial charge in [0.25, 0.3) is 0 Å². The molecule has 0 fully saturated rings. The van der Waals surface area contributed by atoms with Crippen LogP contribution < -0.4 is 16.4 Å². The van der Waals surface area contributed by atoms with Crippen molar-refractivity contribution in [2.75, 3.05) is 11.1 Å². The van der Waals surface area contributed by atoms with Crippen LogP contribution in [0.5, 0.6) is 0 Å². The minimum atomic E-state index is -0.276. The van der Waals surface area contributed by atoms with Crippen molar-refractivity contribution >= 4 is 29.0 Å². The van der Waals surface area contributed by atoms with Gasteiger partial charge in [0.2, 0.25) is 0 Å². The summed E-state index contributed by atoms with van der Waals surface area (Å²) < 4.78 is 0. The van der Waals surface area contributed by atoms with Gasteiger partial charge in [0.15, 0.2) is 0 Å². The first-order valence-corrected chi connectivity index (χ1v) is 6.61. The third-order valence-electron chi connectivity index (χ3n) is 2.86. The lowest BCUT2D eigenvalue weighted by Gasteiger charge is -2.15. The number of carbonyl (C=O) groups is 1. The zero-order chi connectivity index (χ0) is 14.5. The van der Waals surface area contributed by atoms with E-state index in [1.54, 1.807) is 30.3 Å². The van der Waals surface area contributed by atoms with Crippen molar-refractivity contribution in [3.05, 3.63) is 59.1 Å². The Balaban J connectivity index is 1.95. The molecule has 0 bridgehead atoms. The molecule has 5 heteroatoms. The highest BCUT2D eigenvalue weighted by molar-refractivity contribution is 6.30. The number of nitrogens with two attached hydrogens (primary N) is 1. The second-order valence-electron chi connectivity index (χ2n) is 4.50. The lowest BCUT2D eigenvalue weighted by Crippen LogP contribution is -2.31. The Hall–Kier alpha value is -2.20. The first-order valence-electron chi connectivity index (χ1n) is 6.23. The van der Waals surface area contributed by atoms with E-state index in [0.29, 0.717) is 16.4 Å². The molecule has 2 rings (SSSR count). The van der Waals surface area contributed by atoms with Crippen LogP contribution in [0.15, 0.2) is 48.5 Å². The normalized spacial score (nSPS) is 11.7. The number of halogens is 1. The molecule has 4 nitrogen and oxygen atoms in total. The molecule has 0 radical (unpaired) electrons. The van der Waals surface area contributed by atoms with Gasteiger partial charge in [-0.05, 0) is 48.9 Å². The largest absolute Gasteiger partial charge is 0.399 e. The van der Waals surface area contributed by atoms with Gasteiger partial charge in [-0.2, -0.15) is 0 Å². The smallest absolute Gasteiger partial charge is 0.319 e. The molecule has 0 aliphatic heterocycles. The number of hydrogen-bond donors (Lipinski definition) is 3. The molecule has 0 saturated heterocycles. The van der Waals surface area contributed by atoms with Crippen molar-refractivity contribution in [3.8, 4) is 0 Å². The minimum absolute atomic E-state index is 0.137. The van der Waals surface area contributed by atoms with E-state index in [9.17, 15) is 4.79 Å². The summed E-state index contributed by atoms with van der Waals surface area (Å²) in [6, 6.07) is 13.9. The van der Waals surface area contributed by atoms with Crippen molar-refractivity contribution < 1.29 is 4.79 Å². The highest BCUT2D eigenvalue weighted by atomic mass is 35.5. The Morgan fingerprint density at radius 1 is 1.20 bits per heavy atom. The van der Waals surface area contributed by atoms with Crippen LogP contribution in [0, 0.1) is 0 Å². The van der Waals surface area contributed by atoms with Crippen LogP contribution in [0.3, 0.4) is 0 Å². The highest BCUT2D eigenvalue weighted by Gasteiger charge is 2.09. The van der Waals surface area contributed by atoms with Crippen molar-refractivity contribution in [1.82, 2.24) is 5.32 Å². The summed E-state index contributed by atoms with van der Waals surface area (Å²) in [6.07, 6.45) is 0. The van der Waals surface area contributed by atoms with Gasteiger partial charge in [-0.1, -0.05) is 23.7 Å². The molecule has 0 heterocycles. The third-order valence-corrected chi connectivity index (χ3v) is 3.10. The molecule has 2 amide bonds. The fraction of sp³-hybridized carbons (Fsp3) is 0.133. The second-order valence-corrected chi connectivity index (χ2v) is 4.93. The molecule has 20 heavy (non-hydrogen) atoms. The van der Waals surface area contributed by atoms with E-state index in [1.165, 1.54) is 0 Å². The van der Waals surface area contributed by atoms with E-state index in [-0.39, 0.29) is 12.1 Å². The molecule has 0 saturated carbocycles. The van der Waals surface area contributed by atoms with Gasteiger partial charge in [-0.3, -0.25) is 0 Å². The van der Waals surface area contributed by atoms with Crippen molar-refractivity contribution in [2.45, 2.75) is 13.0 Å². The van der Waals surface area contributed by atoms with Crippen LogP contribution in [0.4, 0.5) is 16.2 Å². The summed E-state index contributed by atoms with van der Waals surface area (Å²) in [4.78, 5) is 11.9. The van der Waals surface area contributed by atoms with Crippen LogP contribution in [0.1, 0.15) is 18.5 Å². The SMILES string of the molecule is CC(NC(=O)Nc1ccc(N)cc1)c1cccc(Cl)c1. The highest BCUT2D eigenvalue weighted by Crippen LogP contribution is 2.17. The van der Waals surface area contributed by atoms with E-state index in [4.69, 9.17) is 17.3 Å². The average Bonchev–Trinajstić information content (AvgIpc) is 2.41. The first-order chi connectivity index (χ1) is 9.54. The predicted molar refractivity (Wildman–Crippen MR) is 82.9 cm³/mol. The number of urea groups is 1. The molecular formula is C15H16ClN3O. The van der Waals surface area contributed by atoms with Crippen molar-refractivity contribution in [2.24, 2.45) is 0 Å². The monoisotopic (exact) mass is 289 g/mol. The zero-order valence-electron chi connectivity index (χ0n) is 11.1. The summed E-state index contributed by atoms with van der Waals surface area (Å²) in [5.41, 5.74) is 7.88. The average molecular weight is 290 g/mol. The molecule has 2 aromatic carbocycles. The number of hydrogen-bond acceptors (Lipinski definition) is 2. The molecule has 2 aromatic rings. The van der Waals surface area contributed by atoms with Crippen LogP contribution in [0.25, 0.3) is 0 Å². The fourth-order valence-electron chi connectivity index (χ4n) is 1.79. The number of carbonyl (C=O) groups excluding carboxylic acids is 1. The van der Waals surface area contributed by atoms with E-state index in [1.807, 2.05) is 25.1 Å². The number of nitrogen functional groups attached to an aromatic ring is 1. The summed E-state index contributed by atoms with van der Waals surface area (Å²) in [6.45, 7) is 1.90. The number of amides is 2. The summed E-state index contributed by atoms with van der Waals surface area (Å²) in [7, 11) is 0. The Morgan fingerprint density at radius 2 is 1.90 bits per heavy atom. The summed E-state index contributed by atoms with van der Waals surface area (Å²) in [5.74, 6) is 0. The van der Waals surface area contributed by atoms with E-state index < -0.39 is 0 Å². The molecule has 1 atom stereocenters. The Bertz CT molecular complexity index is 598. The molecule has 0 aliphatic carbocycles. The summed E-state index contributed by atoms with van der Waals surface area (Å²) >= 11 is 5.93. The van der Waals surface area contributed by atoms with Crippen LogP contribution in [-0.4, -0.2) is 6.03 Å². The Morgan fingerprint density at radius 3 is 2.55 bits per heavy atom. The van der Waals surface area contributed by atoms with Gasteiger partial charge in [0.05, 0.1) is 6.04 Å². The maximum Gasteiger partial charge on any atom is 0.319 e. The molecule has 0 aromatic heterocycles. The van der Waals surface area contributed by atoms with Crippen molar-refractivity contribution in [3.63, 3.8) is 0 Å². The fourth-order valence-corrected chi connectivity index (χ4v) is 1.99. The number of anilines is 2. The zero-order valence-corrected chi connectivity index (χ0v) is 11.8. The van der Waals surface area contributed by atoms with Crippen LogP contribution in [0.2, 0.25) is 5.02 Å². The molecular weight excluding hydrogens is 274 g/mol. The lowest BCUT2D eigenvalue weighted by molar-refractivity contribution is 0.249. The van der Waals surface area contributed by atoms with Gasteiger partial charge >= 0.3 is 6.03 Å². The van der Waals surface area contributed by atoms with Gasteiger partial charge in [0, 0.05) is 16.4 Å². The molecule has 1 unspecified atom stereocenters. The first kappa shape index (κ1) is 14.2. The molecule has 0 aliphatic rings. The maximum absolute atomic E-state index is 11.9. The number of nitrogens with one attached hydrogen (secondary N) is 2. The van der Waals surface area contributed by atoms with E-state index >= 15 is 0 Å². The Labute approximate surface area is 122 Å². The minimum Gasteiger partial charge on any atom is -0.399 e. The number of rotatable bonds is 3. The van der Waals surface area contributed by atoms with E-state index in [0.717, 1.165) is 5.56 Å². The predicted octanol–water partition coefficient (Wildman–Crippen LogP) is 3.80. The molecule has 4 N–H and O–H groups in total. The molecule has 0 spiro atoms. The van der Waals surface area contributed by atoms with E-state index in [2.05, 4.69) is 10.6 Å². The summed E-state index contributed by atoms with van der Waals surface area (Å²) in [5, 5.41) is 6.24. The standard InChI is InChI=1S/C15H16ClN3O/c1-10(11-3-2-4-12(16)9-11)18-15(20)19-14-7-5-13(17)6-8-14/h2-10H,17H2,1H3,(H2,18,19,20). The third kappa shape index (κ3) is 3.90. The number of benzene rings is 2.